The molecular formula is C10H17N5O. The third-order valence-corrected chi connectivity index (χ3v) is 2.97. The molecular weight excluding hydrogens is 206 g/mol. The normalized spacial score (nSPS) is 20.9. The van der Waals surface area contributed by atoms with E-state index in [2.05, 4.69) is 20.8 Å². The van der Waals surface area contributed by atoms with Crippen LogP contribution in [0.5, 0.6) is 0 Å². The Balaban J connectivity index is 1.91. The van der Waals surface area contributed by atoms with Crippen LogP contribution >= 0.6 is 0 Å². The Morgan fingerprint density at radius 3 is 3.00 bits per heavy atom. The lowest BCUT2D eigenvalue weighted by molar-refractivity contribution is -0.124. The van der Waals surface area contributed by atoms with E-state index in [0.29, 0.717) is 6.54 Å². The maximum atomic E-state index is 11.5. The van der Waals surface area contributed by atoms with E-state index in [-0.39, 0.29) is 11.9 Å². The molecule has 16 heavy (non-hydrogen) atoms. The van der Waals surface area contributed by atoms with Crippen LogP contribution in [0, 0.1) is 6.92 Å². The molecule has 6 nitrogen and oxygen atoms in total. The predicted molar refractivity (Wildman–Crippen MR) is 58.6 cm³/mol. The summed E-state index contributed by atoms with van der Waals surface area (Å²) in [6, 6.07) is -0.0919. The van der Waals surface area contributed by atoms with Gasteiger partial charge in [0.25, 0.3) is 0 Å². The van der Waals surface area contributed by atoms with E-state index in [0.717, 1.165) is 31.0 Å². The first-order valence-corrected chi connectivity index (χ1v) is 5.54. The number of nitrogens with one attached hydrogen (secondary N) is 2. The van der Waals surface area contributed by atoms with Crippen LogP contribution in [0.25, 0.3) is 0 Å². The second-order valence-corrected chi connectivity index (χ2v) is 4.09. The Morgan fingerprint density at radius 1 is 1.56 bits per heavy atom. The van der Waals surface area contributed by atoms with Crippen molar-refractivity contribution >= 4 is 5.91 Å². The van der Waals surface area contributed by atoms with E-state index < -0.39 is 0 Å². The molecule has 6 heteroatoms. The quantitative estimate of drug-likeness (QED) is 0.724. The molecule has 88 valence electrons. The van der Waals surface area contributed by atoms with Gasteiger partial charge < -0.3 is 9.88 Å². The van der Waals surface area contributed by atoms with Gasteiger partial charge in [-0.1, -0.05) is 0 Å². The van der Waals surface area contributed by atoms with Gasteiger partial charge in [-0.2, -0.15) is 0 Å². The zero-order valence-corrected chi connectivity index (χ0v) is 9.66. The van der Waals surface area contributed by atoms with Crippen molar-refractivity contribution < 1.29 is 4.79 Å². The van der Waals surface area contributed by atoms with Crippen molar-refractivity contribution in [3.8, 4) is 0 Å². The number of rotatable bonds is 3. The highest BCUT2D eigenvalue weighted by Gasteiger charge is 2.21. The number of aromatic nitrogens is 3. The highest BCUT2D eigenvalue weighted by atomic mass is 16.2. The van der Waals surface area contributed by atoms with E-state index in [4.69, 9.17) is 0 Å². The molecule has 2 N–H and O–H groups in total. The monoisotopic (exact) mass is 223 g/mol. The minimum Gasteiger partial charge on any atom is -0.355 e. The summed E-state index contributed by atoms with van der Waals surface area (Å²) in [4.78, 5) is 11.5. The van der Waals surface area contributed by atoms with Crippen LogP contribution in [0.2, 0.25) is 0 Å². The fraction of sp³-hybridized carbons (Fsp3) is 0.700. The molecule has 1 fully saturated rings. The van der Waals surface area contributed by atoms with E-state index in [9.17, 15) is 4.79 Å². The van der Waals surface area contributed by atoms with Crippen molar-refractivity contribution in [1.29, 1.82) is 0 Å². The van der Waals surface area contributed by atoms with Gasteiger partial charge >= 0.3 is 0 Å². The topological polar surface area (TPSA) is 71.8 Å². The van der Waals surface area contributed by atoms with Gasteiger partial charge in [-0.15, -0.1) is 10.2 Å². The summed E-state index contributed by atoms with van der Waals surface area (Å²) < 4.78 is 1.92. The van der Waals surface area contributed by atoms with Crippen molar-refractivity contribution in [1.82, 2.24) is 25.4 Å². The Hall–Kier alpha value is -1.43. The van der Waals surface area contributed by atoms with Crippen LogP contribution in [0.1, 0.15) is 24.5 Å². The SMILES string of the molecule is Cc1nnc(CNC2CCCNC2=O)n1C. The summed E-state index contributed by atoms with van der Waals surface area (Å²) in [7, 11) is 1.92. The van der Waals surface area contributed by atoms with Crippen LogP contribution in [-0.2, 0) is 18.4 Å². The Bertz CT molecular complexity index is 387. The number of nitrogens with zero attached hydrogens (tertiary/aromatic N) is 3. The number of piperidine rings is 1. The number of amides is 1. The molecule has 0 saturated carbocycles. The average molecular weight is 223 g/mol. The fourth-order valence-electron chi connectivity index (χ4n) is 1.79. The molecule has 1 aliphatic heterocycles. The average Bonchev–Trinajstić information content (AvgIpc) is 2.59. The zero-order valence-electron chi connectivity index (χ0n) is 9.66. The van der Waals surface area contributed by atoms with E-state index in [1.165, 1.54) is 0 Å². The second-order valence-electron chi connectivity index (χ2n) is 4.09. The van der Waals surface area contributed by atoms with Gasteiger partial charge in [0.05, 0.1) is 12.6 Å². The molecule has 1 atom stereocenters. The largest absolute Gasteiger partial charge is 0.355 e. The first kappa shape index (κ1) is 11.1. The summed E-state index contributed by atoms with van der Waals surface area (Å²) in [5.41, 5.74) is 0. The summed E-state index contributed by atoms with van der Waals surface area (Å²) in [6.45, 7) is 3.28. The second kappa shape index (κ2) is 4.61. The molecule has 0 aliphatic carbocycles. The predicted octanol–water partition coefficient (Wildman–Crippen LogP) is -0.508. The van der Waals surface area contributed by atoms with Crippen LogP contribution in [0.15, 0.2) is 0 Å². The molecule has 1 aromatic heterocycles. The minimum atomic E-state index is -0.0919. The first-order valence-electron chi connectivity index (χ1n) is 5.54. The van der Waals surface area contributed by atoms with Gasteiger partial charge in [0.15, 0.2) is 0 Å². The summed E-state index contributed by atoms with van der Waals surface area (Å²) in [5.74, 6) is 1.82. The van der Waals surface area contributed by atoms with Gasteiger partial charge in [-0.25, -0.2) is 0 Å². The van der Waals surface area contributed by atoms with Gasteiger partial charge in [0.1, 0.15) is 11.6 Å². The molecule has 1 saturated heterocycles. The standard InChI is InChI=1S/C10H17N5O/c1-7-13-14-9(15(7)2)6-12-8-4-3-5-11-10(8)16/h8,12H,3-6H2,1-2H3,(H,11,16). The van der Waals surface area contributed by atoms with Gasteiger partial charge in [0, 0.05) is 13.6 Å². The Kier molecular flexibility index (Phi) is 3.19. The summed E-state index contributed by atoms with van der Waals surface area (Å²) >= 11 is 0. The minimum absolute atomic E-state index is 0.0881. The highest BCUT2D eigenvalue weighted by Crippen LogP contribution is 2.04. The number of carbonyl (C=O) groups excluding carboxylic acids is 1. The highest BCUT2D eigenvalue weighted by molar-refractivity contribution is 5.82. The van der Waals surface area contributed by atoms with Crippen molar-refractivity contribution in [2.75, 3.05) is 6.54 Å². The fourth-order valence-corrected chi connectivity index (χ4v) is 1.79. The molecule has 1 unspecified atom stereocenters. The van der Waals surface area contributed by atoms with Crippen molar-refractivity contribution in [3.63, 3.8) is 0 Å². The van der Waals surface area contributed by atoms with Crippen LogP contribution < -0.4 is 10.6 Å². The maximum Gasteiger partial charge on any atom is 0.237 e. The van der Waals surface area contributed by atoms with E-state index in [1.54, 1.807) is 0 Å². The maximum absolute atomic E-state index is 11.5. The third kappa shape index (κ3) is 2.21. The van der Waals surface area contributed by atoms with Gasteiger partial charge in [-0.3, -0.25) is 10.1 Å². The van der Waals surface area contributed by atoms with Crippen molar-refractivity contribution in [3.05, 3.63) is 11.6 Å². The van der Waals surface area contributed by atoms with Crippen LogP contribution in [0.3, 0.4) is 0 Å². The Morgan fingerprint density at radius 2 is 2.38 bits per heavy atom. The molecule has 0 spiro atoms. The van der Waals surface area contributed by atoms with Crippen molar-refractivity contribution in [2.45, 2.75) is 32.4 Å². The molecule has 1 amide bonds. The molecule has 0 radical (unpaired) electrons. The molecule has 0 bridgehead atoms. The lowest BCUT2D eigenvalue weighted by Gasteiger charge is -2.22. The summed E-state index contributed by atoms with van der Waals surface area (Å²) in [5, 5.41) is 14.1. The number of hydrogen-bond donors (Lipinski definition) is 2. The molecule has 2 rings (SSSR count). The number of hydrogen-bond acceptors (Lipinski definition) is 4. The van der Waals surface area contributed by atoms with Gasteiger partial charge in [-0.05, 0) is 19.8 Å². The first-order chi connectivity index (χ1) is 7.68. The molecule has 1 aromatic rings. The van der Waals surface area contributed by atoms with Gasteiger partial charge in [0.2, 0.25) is 5.91 Å². The van der Waals surface area contributed by atoms with E-state index in [1.807, 2.05) is 18.5 Å². The molecule has 1 aliphatic rings. The smallest absolute Gasteiger partial charge is 0.237 e. The van der Waals surface area contributed by atoms with Crippen LogP contribution in [-0.4, -0.2) is 33.3 Å². The zero-order chi connectivity index (χ0) is 11.5. The lowest BCUT2D eigenvalue weighted by Crippen LogP contribution is -2.48. The molecule has 2 heterocycles. The number of aryl methyl sites for hydroxylation is 1. The Labute approximate surface area is 94.4 Å². The lowest BCUT2D eigenvalue weighted by atomic mass is 10.1. The number of carbonyl (C=O) groups is 1. The summed E-state index contributed by atoms with van der Waals surface area (Å²) in [6.07, 6.45) is 1.92. The van der Waals surface area contributed by atoms with Crippen LogP contribution in [0.4, 0.5) is 0 Å². The molecule has 0 aromatic carbocycles. The van der Waals surface area contributed by atoms with E-state index >= 15 is 0 Å². The third-order valence-electron chi connectivity index (χ3n) is 2.97. The van der Waals surface area contributed by atoms with Crippen molar-refractivity contribution in [2.24, 2.45) is 7.05 Å².